The van der Waals surface area contributed by atoms with Crippen LogP contribution in [0, 0.1) is 12.7 Å². The number of rotatable bonds is 5. The van der Waals surface area contributed by atoms with E-state index in [1.165, 1.54) is 24.5 Å². The molecule has 0 unspecified atom stereocenters. The molecule has 0 aliphatic carbocycles. The van der Waals surface area contributed by atoms with Gasteiger partial charge in [0.1, 0.15) is 29.2 Å². The fourth-order valence-electron chi connectivity index (χ4n) is 5.13. The number of nitrogen functional groups attached to an aromatic ring is 1. The number of amides is 3. The van der Waals surface area contributed by atoms with Crippen LogP contribution in [0.1, 0.15) is 61.1 Å². The molecule has 0 atom stereocenters. The number of nitrogens with two attached hydrogens (primary N) is 1. The Hall–Kier alpha value is -5.00. The average molecular weight is 588 g/mol. The fraction of sp³-hybridized carbons (Fsp3) is 0.323. The summed E-state index contributed by atoms with van der Waals surface area (Å²) in [5.41, 5.74) is 8.01. The van der Waals surface area contributed by atoms with Crippen LogP contribution in [0.15, 0.2) is 55.0 Å². The summed E-state index contributed by atoms with van der Waals surface area (Å²) in [5.74, 6) is -0.714. The second-order valence-electron chi connectivity index (χ2n) is 11.6. The first kappa shape index (κ1) is 29.5. The maximum atomic E-state index is 14.1. The lowest BCUT2D eigenvalue weighted by Crippen LogP contribution is -2.42. The van der Waals surface area contributed by atoms with Crippen molar-refractivity contribution in [3.8, 4) is 0 Å². The van der Waals surface area contributed by atoms with Crippen LogP contribution in [0.25, 0.3) is 11.0 Å². The van der Waals surface area contributed by atoms with Crippen molar-refractivity contribution in [1.82, 2.24) is 19.4 Å². The molecule has 12 heteroatoms. The normalized spacial score (nSPS) is 14.0. The van der Waals surface area contributed by atoms with Gasteiger partial charge in [0.2, 0.25) is 0 Å². The number of carbonyl (C=O) groups excluding carboxylic acids is 3. The highest BCUT2D eigenvalue weighted by atomic mass is 19.1. The summed E-state index contributed by atoms with van der Waals surface area (Å²) in [4.78, 5) is 49.2. The highest BCUT2D eigenvalue weighted by molar-refractivity contribution is 6.18. The van der Waals surface area contributed by atoms with Gasteiger partial charge >= 0.3 is 12.1 Å². The summed E-state index contributed by atoms with van der Waals surface area (Å²) in [7, 11) is 0. The summed E-state index contributed by atoms with van der Waals surface area (Å²) in [6, 6.07) is 10.2. The first-order valence-corrected chi connectivity index (χ1v) is 14.0. The van der Waals surface area contributed by atoms with Crippen molar-refractivity contribution in [2.45, 2.75) is 52.2 Å². The molecule has 2 aromatic heterocycles. The van der Waals surface area contributed by atoms with Crippen LogP contribution >= 0.6 is 0 Å². The van der Waals surface area contributed by atoms with Gasteiger partial charge in [0.05, 0.1) is 16.6 Å². The Kier molecular flexibility index (Phi) is 8.03. The molecule has 0 bridgehead atoms. The number of halogens is 1. The molecule has 0 radical (unpaired) electrons. The van der Waals surface area contributed by atoms with Crippen LogP contribution in [-0.4, -0.2) is 56.0 Å². The summed E-state index contributed by atoms with van der Waals surface area (Å²) in [5, 5.41) is 5.58. The van der Waals surface area contributed by atoms with Crippen molar-refractivity contribution in [2.75, 3.05) is 29.5 Å². The molecule has 4 N–H and O–H groups in total. The Bertz CT molecular complexity index is 1700. The van der Waals surface area contributed by atoms with E-state index in [0.29, 0.717) is 53.8 Å². The molecule has 43 heavy (non-hydrogen) atoms. The van der Waals surface area contributed by atoms with Gasteiger partial charge in [0.25, 0.3) is 0 Å². The molecule has 0 spiro atoms. The number of hydrogen-bond donors (Lipinski definition) is 3. The van der Waals surface area contributed by atoms with E-state index in [9.17, 15) is 18.8 Å². The van der Waals surface area contributed by atoms with E-state index < -0.39 is 17.4 Å². The maximum Gasteiger partial charge on any atom is 0.410 e. The number of benzene rings is 2. The van der Waals surface area contributed by atoms with Crippen molar-refractivity contribution in [2.24, 2.45) is 0 Å². The Morgan fingerprint density at radius 2 is 1.79 bits per heavy atom. The van der Waals surface area contributed by atoms with Gasteiger partial charge in [0, 0.05) is 36.6 Å². The Labute approximate surface area is 248 Å². The van der Waals surface area contributed by atoms with Crippen molar-refractivity contribution in [3.63, 3.8) is 0 Å². The number of piperidine rings is 1. The van der Waals surface area contributed by atoms with Gasteiger partial charge in [-0.3, -0.25) is 4.79 Å². The molecule has 1 saturated heterocycles. The molecule has 0 saturated carbocycles. The van der Waals surface area contributed by atoms with Crippen LogP contribution < -0.4 is 16.4 Å². The SMILES string of the molecule is Cc1ccc(F)c(NC(=O)Nc2cccc(C(=O)c3cn(C4CCN(C(=O)OC(C)(C)C)CC4)c4ncnc(N)c34)c2)c1. The number of urea groups is 1. The molecule has 1 aliphatic heterocycles. The van der Waals surface area contributed by atoms with Crippen molar-refractivity contribution in [3.05, 3.63) is 77.5 Å². The van der Waals surface area contributed by atoms with Gasteiger partial charge in [0.15, 0.2) is 5.78 Å². The predicted octanol–water partition coefficient (Wildman–Crippen LogP) is 5.91. The predicted molar refractivity (Wildman–Crippen MR) is 162 cm³/mol. The minimum Gasteiger partial charge on any atom is -0.444 e. The number of anilines is 3. The molecule has 4 aromatic rings. The minimum atomic E-state index is -0.652. The van der Waals surface area contributed by atoms with Crippen molar-refractivity contribution >= 4 is 46.1 Å². The summed E-state index contributed by atoms with van der Waals surface area (Å²) in [6.07, 6.45) is 4.02. The van der Waals surface area contributed by atoms with Gasteiger partial charge in [-0.25, -0.2) is 23.9 Å². The number of aromatic nitrogens is 3. The molecule has 5 rings (SSSR count). The summed E-state index contributed by atoms with van der Waals surface area (Å²) < 4.78 is 21.5. The lowest BCUT2D eigenvalue weighted by Gasteiger charge is -2.34. The van der Waals surface area contributed by atoms with Crippen molar-refractivity contribution < 1.29 is 23.5 Å². The van der Waals surface area contributed by atoms with Crippen LogP contribution in [0.4, 0.5) is 31.2 Å². The first-order chi connectivity index (χ1) is 20.4. The quantitative estimate of drug-likeness (QED) is 0.246. The zero-order chi connectivity index (χ0) is 30.9. The smallest absolute Gasteiger partial charge is 0.410 e. The average Bonchev–Trinajstić information content (AvgIpc) is 3.35. The van der Waals surface area contributed by atoms with Gasteiger partial charge in [-0.15, -0.1) is 0 Å². The standard InChI is InChI=1S/C31H34FN7O4/c1-18-8-9-23(32)24(14-18)37-29(41)36-20-7-5-6-19(15-20)26(40)22-16-39(28-25(22)27(33)34-17-35-28)21-10-12-38(13-11-21)30(42)43-31(2,3)4/h5-9,14-17,21H,10-13H2,1-4H3,(H2,33,34,35)(H2,36,37,41). The van der Waals surface area contributed by atoms with E-state index in [1.807, 2.05) is 25.3 Å². The van der Waals surface area contributed by atoms with E-state index in [4.69, 9.17) is 10.5 Å². The van der Waals surface area contributed by atoms with Gasteiger partial charge < -0.3 is 30.6 Å². The van der Waals surface area contributed by atoms with Gasteiger partial charge in [-0.2, -0.15) is 0 Å². The molecule has 224 valence electrons. The number of ether oxygens (including phenoxy) is 1. The fourth-order valence-corrected chi connectivity index (χ4v) is 5.13. The van der Waals surface area contributed by atoms with Crippen LogP contribution in [-0.2, 0) is 4.74 Å². The molecule has 11 nitrogen and oxygen atoms in total. The molecule has 3 amide bonds. The molecule has 3 heterocycles. The molecule has 1 aliphatic rings. The third-order valence-corrected chi connectivity index (χ3v) is 7.15. The Balaban J connectivity index is 1.36. The second kappa shape index (κ2) is 11.7. The second-order valence-corrected chi connectivity index (χ2v) is 11.6. The van der Waals surface area contributed by atoms with Crippen LogP contribution in [0.5, 0.6) is 0 Å². The summed E-state index contributed by atoms with van der Waals surface area (Å²) in [6.45, 7) is 8.27. The number of nitrogens with one attached hydrogen (secondary N) is 2. The summed E-state index contributed by atoms with van der Waals surface area (Å²) >= 11 is 0. The number of likely N-dealkylation sites (tertiary alicyclic amines) is 1. The number of carbonyl (C=O) groups is 3. The highest BCUT2D eigenvalue weighted by Crippen LogP contribution is 2.33. The third kappa shape index (κ3) is 6.58. The minimum absolute atomic E-state index is 0.0317. The first-order valence-electron chi connectivity index (χ1n) is 14.0. The molecule has 2 aromatic carbocycles. The molecular formula is C31H34FN7O4. The van der Waals surface area contributed by atoms with E-state index in [2.05, 4.69) is 20.6 Å². The van der Waals surface area contributed by atoms with E-state index in [-0.39, 0.29) is 29.4 Å². The van der Waals surface area contributed by atoms with Gasteiger partial charge in [-0.1, -0.05) is 18.2 Å². The molecule has 1 fully saturated rings. The Morgan fingerprint density at radius 1 is 1.05 bits per heavy atom. The van der Waals surface area contributed by atoms with Crippen LogP contribution in [0.3, 0.4) is 0 Å². The zero-order valence-electron chi connectivity index (χ0n) is 24.5. The van der Waals surface area contributed by atoms with E-state index >= 15 is 0 Å². The maximum absolute atomic E-state index is 14.1. The molecular weight excluding hydrogens is 553 g/mol. The number of ketones is 1. The lowest BCUT2D eigenvalue weighted by atomic mass is 10.0. The van der Waals surface area contributed by atoms with Gasteiger partial charge in [-0.05, 0) is 70.4 Å². The Morgan fingerprint density at radius 3 is 2.51 bits per heavy atom. The van der Waals surface area contributed by atoms with Crippen molar-refractivity contribution in [1.29, 1.82) is 0 Å². The number of fused-ring (bicyclic) bond motifs is 1. The lowest BCUT2D eigenvalue weighted by molar-refractivity contribution is 0.0189. The largest absolute Gasteiger partial charge is 0.444 e. The van der Waals surface area contributed by atoms with E-state index in [0.717, 1.165) is 5.56 Å². The third-order valence-electron chi connectivity index (χ3n) is 7.15. The number of nitrogens with zero attached hydrogens (tertiary/aromatic N) is 4. The topological polar surface area (TPSA) is 144 Å². The number of aryl methyl sites for hydroxylation is 1. The monoisotopic (exact) mass is 587 g/mol. The number of hydrogen-bond acceptors (Lipinski definition) is 7. The van der Waals surface area contributed by atoms with Crippen LogP contribution in [0.2, 0.25) is 0 Å². The zero-order valence-corrected chi connectivity index (χ0v) is 24.5. The highest BCUT2D eigenvalue weighted by Gasteiger charge is 2.30. The van der Waals surface area contributed by atoms with E-state index in [1.54, 1.807) is 42.3 Å².